The number of benzene rings is 2. The number of fused-ring (bicyclic) bond motifs is 1. The fourth-order valence-corrected chi connectivity index (χ4v) is 3.54. The topological polar surface area (TPSA) is 38.0 Å². The van der Waals surface area contributed by atoms with Crippen LogP contribution >= 0.6 is 22.9 Å². The molecule has 1 atom stereocenters. The van der Waals surface area contributed by atoms with Crippen LogP contribution in [0.5, 0.6) is 0 Å². The second-order valence-electron chi connectivity index (χ2n) is 4.88. The molecular formula is C16H14ClFN2S. The van der Waals surface area contributed by atoms with Crippen molar-refractivity contribution in [3.8, 4) is 0 Å². The minimum Gasteiger partial charge on any atom is -0.271 e. The van der Waals surface area contributed by atoms with Gasteiger partial charge in [0, 0.05) is 14.6 Å². The maximum absolute atomic E-state index is 13.3. The lowest BCUT2D eigenvalue weighted by molar-refractivity contribution is 0.561. The van der Waals surface area contributed by atoms with Gasteiger partial charge in [-0.25, -0.2) is 4.39 Å². The molecule has 0 radical (unpaired) electrons. The van der Waals surface area contributed by atoms with Gasteiger partial charge >= 0.3 is 0 Å². The van der Waals surface area contributed by atoms with Gasteiger partial charge in [0.1, 0.15) is 5.82 Å². The standard InChI is InChI=1S/C16H14ClFN2S/c17-12-3-1-10(2-4-12)7-14(20-19)16-9-11-8-13(18)5-6-15(11)21-16/h1-6,8-9,14,20H,7,19H2. The maximum atomic E-state index is 13.3. The minimum absolute atomic E-state index is 0.00774. The Morgan fingerprint density at radius 3 is 2.62 bits per heavy atom. The van der Waals surface area contributed by atoms with Crippen LogP contribution in [0, 0.1) is 5.82 Å². The molecule has 0 aliphatic heterocycles. The Bertz CT molecular complexity index is 755. The molecular weight excluding hydrogens is 307 g/mol. The zero-order valence-electron chi connectivity index (χ0n) is 11.1. The molecule has 1 unspecified atom stereocenters. The number of rotatable bonds is 4. The van der Waals surface area contributed by atoms with Crippen molar-refractivity contribution in [2.45, 2.75) is 12.5 Å². The molecule has 0 saturated heterocycles. The smallest absolute Gasteiger partial charge is 0.123 e. The van der Waals surface area contributed by atoms with E-state index in [1.165, 1.54) is 6.07 Å². The molecule has 0 amide bonds. The van der Waals surface area contributed by atoms with Crippen LogP contribution in [-0.4, -0.2) is 0 Å². The Balaban J connectivity index is 1.88. The van der Waals surface area contributed by atoms with Gasteiger partial charge in [0.2, 0.25) is 0 Å². The van der Waals surface area contributed by atoms with Crippen LogP contribution in [0.2, 0.25) is 5.02 Å². The second kappa shape index (κ2) is 6.12. The van der Waals surface area contributed by atoms with Gasteiger partial charge in [-0.15, -0.1) is 11.3 Å². The summed E-state index contributed by atoms with van der Waals surface area (Å²) in [5.74, 6) is 5.47. The van der Waals surface area contributed by atoms with E-state index in [0.717, 1.165) is 26.9 Å². The molecule has 108 valence electrons. The normalized spacial score (nSPS) is 12.7. The summed E-state index contributed by atoms with van der Waals surface area (Å²) in [6.07, 6.45) is 0.753. The van der Waals surface area contributed by atoms with Gasteiger partial charge in [0.05, 0.1) is 6.04 Å². The van der Waals surface area contributed by atoms with Crippen LogP contribution in [0.4, 0.5) is 4.39 Å². The summed E-state index contributed by atoms with van der Waals surface area (Å²) in [6, 6.07) is 14.5. The van der Waals surface area contributed by atoms with Gasteiger partial charge in [-0.1, -0.05) is 23.7 Å². The number of nitrogens with two attached hydrogens (primary N) is 1. The fraction of sp³-hybridized carbons (Fsp3) is 0.125. The summed E-state index contributed by atoms with van der Waals surface area (Å²) in [7, 11) is 0. The van der Waals surface area contributed by atoms with E-state index in [4.69, 9.17) is 17.4 Å². The Hall–Kier alpha value is -1.46. The van der Waals surface area contributed by atoms with Gasteiger partial charge < -0.3 is 0 Å². The summed E-state index contributed by atoms with van der Waals surface area (Å²) in [5.41, 5.74) is 3.99. The van der Waals surface area contributed by atoms with Crippen molar-refractivity contribution >= 4 is 33.0 Å². The van der Waals surface area contributed by atoms with Crippen LogP contribution in [-0.2, 0) is 6.42 Å². The number of nitrogens with one attached hydrogen (secondary N) is 1. The van der Waals surface area contributed by atoms with Crippen LogP contribution in [0.15, 0.2) is 48.5 Å². The second-order valence-corrected chi connectivity index (χ2v) is 6.43. The summed E-state index contributed by atoms with van der Waals surface area (Å²) < 4.78 is 14.3. The highest BCUT2D eigenvalue weighted by Crippen LogP contribution is 2.31. The van der Waals surface area contributed by atoms with Gasteiger partial charge in [-0.2, -0.15) is 0 Å². The lowest BCUT2D eigenvalue weighted by atomic mass is 10.0. The van der Waals surface area contributed by atoms with Crippen LogP contribution in [0.3, 0.4) is 0 Å². The lowest BCUT2D eigenvalue weighted by Gasteiger charge is -2.14. The van der Waals surface area contributed by atoms with Crippen LogP contribution in [0.1, 0.15) is 16.5 Å². The SMILES string of the molecule is NNC(Cc1ccc(Cl)cc1)c1cc2cc(F)ccc2s1. The minimum atomic E-state index is -0.221. The van der Waals surface area contributed by atoms with E-state index >= 15 is 0 Å². The van der Waals surface area contributed by atoms with Crippen molar-refractivity contribution in [2.75, 3.05) is 0 Å². The molecule has 1 aromatic heterocycles. The first-order valence-corrected chi connectivity index (χ1v) is 7.75. The van der Waals surface area contributed by atoms with Gasteiger partial charge in [-0.05, 0) is 53.8 Å². The van der Waals surface area contributed by atoms with Gasteiger partial charge in [0.15, 0.2) is 0 Å². The van der Waals surface area contributed by atoms with Crippen molar-refractivity contribution < 1.29 is 4.39 Å². The highest BCUT2D eigenvalue weighted by Gasteiger charge is 2.14. The first kappa shape index (κ1) is 14.5. The zero-order chi connectivity index (χ0) is 14.8. The average Bonchev–Trinajstić information content (AvgIpc) is 2.89. The summed E-state index contributed by atoms with van der Waals surface area (Å²) in [6.45, 7) is 0. The third-order valence-electron chi connectivity index (χ3n) is 3.40. The van der Waals surface area contributed by atoms with Gasteiger partial charge in [0.25, 0.3) is 0 Å². The molecule has 3 N–H and O–H groups in total. The molecule has 0 aliphatic rings. The molecule has 0 spiro atoms. The predicted octanol–water partition coefficient (Wildman–Crippen LogP) is 4.44. The van der Waals surface area contributed by atoms with E-state index < -0.39 is 0 Å². The van der Waals surface area contributed by atoms with Gasteiger partial charge in [-0.3, -0.25) is 11.3 Å². The molecule has 0 fully saturated rings. The Kier molecular flexibility index (Phi) is 4.22. The van der Waals surface area contributed by atoms with Crippen LogP contribution in [0.25, 0.3) is 10.1 Å². The van der Waals surface area contributed by atoms with E-state index in [0.29, 0.717) is 5.02 Å². The Labute approximate surface area is 131 Å². The maximum Gasteiger partial charge on any atom is 0.123 e. The molecule has 2 aromatic carbocycles. The molecule has 5 heteroatoms. The highest BCUT2D eigenvalue weighted by atomic mass is 35.5. The zero-order valence-corrected chi connectivity index (χ0v) is 12.7. The number of hydrazine groups is 1. The van der Waals surface area contributed by atoms with Crippen molar-refractivity contribution in [1.29, 1.82) is 0 Å². The largest absolute Gasteiger partial charge is 0.271 e. The molecule has 1 heterocycles. The monoisotopic (exact) mass is 320 g/mol. The predicted molar refractivity (Wildman–Crippen MR) is 87.0 cm³/mol. The first-order valence-electron chi connectivity index (χ1n) is 6.55. The molecule has 0 bridgehead atoms. The molecule has 2 nitrogen and oxygen atoms in total. The summed E-state index contributed by atoms with van der Waals surface area (Å²) >= 11 is 7.52. The number of hydrogen-bond acceptors (Lipinski definition) is 3. The summed E-state index contributed by atoms with van der Waals surface area (Å²) in [5, 5.41) is 1.62. The molecule has 0 aliphatic carbocycles. The Morgan fingerprint density at radius 1 is 1.14 bits per heavy atom. The van der Waals surface area contributed by atoms with Crippen molar-refractivity contribution in [3.63, 3.8) is 0 Å². The molecule has 3 aromatic rings. The Morgan fingerprint density at radius 2 is 1.90 bits per heavy atom. The first-order chi connectivity index (χ1) is 10.2. The van der Waals surface area contributed by atoms with E-state index in [9.17, 15) is 4.39 Å². The molecule has 21 heavy (non-hydrogen) atoms. The third kappa shape index (κ3) is 3.24. The average molecular weight is 321 g/mol. The van der Waals surface area contributed by atoms with Crippen LogP contribution < -0.4 is 11.3 Å². The van der Waals surface area contributed by atoms with E-state index in [1.807, 2.05) is 30.3 Å². The van der Waals surface area contributed by atoms with Crippen molar-refractivity contribution in [1.82, 2.24) is 5.43 Å². The van der Waals surface area contributed by atoms with Crippen molar-refractivity contribution in [2.24, 2.45) is 5.84 Å². The number of thiophene rings is 1. The molecule has 3 rings (SSSR count). The molecule has 0 saturated carbocycles. The third-order valence-corrected chi connectivity index (χ3v) is 4.88. The highest BCUT2D eigenvalue weighted by molar-refractivity contribution is 7.19. The number of halogens is 2. The lowest BCUT2D eigenvalue weighted by Crippen LogP contribution is -2.28. The van der Waals surface area contributed by atoms with Crippen molar-refractivity contribution in [3.05, 3.63) is 69.8 Å². The van der Waals surface area contributed by atoms with E-state index in [-0.39, 0.29) is 11.9 Å². The van der Waals surface area contributed by atoms with E-state index in [1.54, 1.807) is 23.5 Å². The summed E-state index contributed by atoms with van der Waals surface area (Å²) in [4.78, 5) is 1.09. The fourth-order valence-electron chi connectivity index (χ4n) is 2.30. The number of hydrogen-bond donors (Lipinski definition) is 2. The quantitative estimate of drug-likeness (QED) is 0.551. The van der Waals surface area contributed by atoms with E-state index in [2.05, 4.69) is 5.43 Å².